The van der Waals surface area contributed by atoms with Gasteiger partial charge in [0.25, 0.3) is 0 Å². The first kappa shape index (κ1) is 18.8. The first-order valence-electron chi connectivity index (χ1n) is 9.27. The number of carbonyl (C=O) groups is 1. The second-order valence-corrected chi connectivity index (χ2v) is 6.84. The third kappa shape index (κ3) is 4.80. The zero-order valence-electron chi connectivity index (χ0n) is 15.7. The Morgan fingerprint density at radius 1 is 1.15 bits per heavy atom. The number of carbonyl (C=O) groups excluding carboxylic acids is 1. The Balaban J connectivity index is 1.49. The van der Waals surface area contributed by atoms with Crippen molar-refractivity contribution >= 4 is 11.7 Å². The van der Waals surface area contributed by atoms with Gasteiger partial charge in [-0.05, 0) is 30.9 Å². The topological polar surface area (TPSA) is 63.3 Å². The van der Waals surface area contributed by atoms with Gasteiger partial charge in [0.05, 0.1) is 33.1 Å². The van der Waals surface area contributed by atoms with Crippen LogP contribution in [0.4, 0.5) is 10.5 Å². The average molecular weight is 363 g/mol. The molecular formula is C19H29N3O4. The number of nitrogens with one attached hydrogen (secondary N) is 1. The first-order valence-corrected chi connectivity index (χ1v) is 9.27. The fraction of sp³-hybridized carbons (Fsp3) is 0.632. The molecule has 2 aliphatic heterocycles. The van der Waals surface area contributed by atoms with E-state index in [0.717, 1.165) is 58.8 Å². The zero-order valence-corrected chi connectivity index (χ0v) is 15.7. The maximum atomic E-state index is 12.6. The van der Waals surface area contributed by atoms with Crippen molar-refractivity contribution in [2.24, 2.45) is 5.92 Å². The summed E-state index contributed by atoms with van der Waals surface area (Å²) in [7, 11) is 3.19. The molecule has 0 spiro atoms. The second kappa shape index (κ2) is 9.09. The molecule has 1 aromatic rings. The molecule has 2 aliphatic rings. The third-order valence-electron chi connectivity index (χ3n) is 5.17. The van der Waals surface area contributed by atoms with Crippen molar-refractivity contribution in [1.82, 2.24) is 9.80 Å². The van der Waals surface area contributed by atoms with Gasteiger partial charge in [0.2, 0.25) is 0 Å². The summed E-state index contributed by atoms with van der Waals surface area (Å²) in [5.74, 6) is 1.95. The maximum absolute atomic E-state index is 12.6. The molecule has 0 unspecified atom stereocenters. The maximum Gasteiger partial charge on any atom is 0.321 e. The summed E-state index contributed by atoms with van der Waals surface area (Å²) in [6.45, 7) is 6.43. The molecule has 0 radical (unpaired) electrons. The van der Waals surface area contributed by atoms with Crippen molar-refractivity contribution in [3.8, 4) is 11.5 Å². The highest BCUT2D eigenvalue weighted by atomic mass is 16.5. The lowest BCUT2D eigenvalue weighted by molar-refractivity contribution is 0.0260. The Bertz CT molecular complexity index is 596. The molecule has 2 amide bonds. The van der Waals surface area contributed by atoms with Gasteiger partial charge < -0.3 is 24.4 Å². The molecule has 0 atom stereocenters. The van der Waals surface area contributed by atoms with Crippen LogP contribution in [0.25, 0.3) is 0 Å². The molecule has 26 heavy (non-hydrogen) atoms. The zero-order chi connectivity index (χ0) is 18.4. The number of rotatable bonds is 5. The molecule has 7 heteroatoms. The minimum Gasteiger partial charge on any atom is -0.497 e. The average Bonchev–Trinajstić information content (AvgIpc) is 2.69. The van der Waals surface area contributed by atoms with Gasteiger partial charge >= 0.3 is 6.03 Å². The number of hydrogen-bond acceptors (Lipinski definition) is 5. The molecule has 2 fully saturated rings. The summed E-state index contributed by atoms with van der Waals surface area (Å²) in [4.78, 5) is 17.0. The second-order valence-electron chi connectivity index (χ2n) is 6.84. The van der Waals surface area contributed by atoms with E-state index < -0.39 is 0 Å². The fourth-order valence-corrected chi connectivity index (χ4v) is 3.56. The number of morpholine rings is 1. The van der Waals surface area contributed by atoms with Crippen LogP contribution in [-0.4, -0.2) is 76.0 Å². The number of benzene rings is 1. The molecule has 3 rings (SSSR count). The number of anilines is 1. The van der Waals surface area contributed by atoms with E-state index >= 15 is 0 Å². The molecule has 2 heterocycles. The van der Waals surface area contributed by atoms with E-state index in [1.54, 1.807) is 26.4 Å². The SMILES string of the molecule is COc1ccc(NC(=O)N2CCC(CN3CCOCC3)CC2)c(OC)c1. The standard InChI is InChI=1S/C19H29N3O4/c1-24-16-3-4-17(18(13-16)25-2)20-19(23)22-7-5-15(6-8-22)14-21-9-11-26-12-10-21/h3-4,13,15H,5-12,14H2,1-2H3,(H,20,23). The predicted molar refractivity (Wildman–Crippen MR) is 100 cm³/mol. The number of likely N-dealkylation sites (tertiary alicyclic amines) is 1. The molecule has 0 aromatic heterocycles. The van der Waals surface area contributed by atoms with Crippen molar-refractivity contribution in [2.75, 3.05) is 65.5 Å². The number of urea groups is 1. The summed E-state index contributed by atoms with van der Waals surface area (Å²) in [5, 5.41) is 2.96. The van der Waals surface area contributed by atoms with Crippen LogP contribution < -0.4 is 14.8 Å². The summed E-state index contributed by atoms with van der Waals surface area (Å²) in [6.07, 6.45) is 2.09. The number of piperidine rings is 1. The minimum absolute atomic E-state index is 0.0710. The largest absolute Gasteiger partial charge is 0.497 e. The highest BCUT2D eigenvalue weighted by Gasteiger charge is 2.25. The lowest BCUT2D eigenvalue weighted by atomic mass is 9.96. The van der Waals surface area contributed by atoms with Crippen LogP contribution in [0.3, 0.4) is 0 Å². The van der Waals surface area contributed by atoms with Gasteiger partial charge in [0.1, 0.15) is 11.5 Å². The van der Waals surface area contributed by atoms with E-state index in [9.17, 15) is 4.79 Å². The first-order chi connectivity index (χ1) is 12.7. The number of amides is 2. The molecular weight excluding hydrogens is 334 g/mol. The van der Waals surface area contributed by atoms with Crippen LogP contribution >= 0.6 is 0 Å². The minimum atomic E-state index is -0.0710. The lowest BCUT2D eigenvalue weighted by Crippen LogP contribution is -2.45. The fourth-order valence-electron chi connectivity index (χ4n) is 3.56. The summed E-state index contributed by atoms with van der Waals surface area (Å²) in [6, 6.07) is 5.32. The van der Waals surface area contributed by atoms with Crippen LogP contribution in [0.2, 0.25) is 0 Å². The van der Waals surface area contributed by atoms with E-state index in [1.165, 1.54) is 0 Å². The van der Waals surface area contributed by atoms with Gasteiger partial charge in [0, 0.05) is 38.8 Å². The van der Waals surface area contributed by atoms with Crippen molar-refractivity contribution in [3.63, 3.8) is 0 Å². The van der Waals surface area contributed by atoms with Gasteiger partial charge in [-0.25, -0.2) is 4.79 Å². The summed E-state index contributed by atoms with van der Waals surface area (Å²) in [5.41, 5.74) is 0.661. The van der Waals surface area contributed by atoms with Crippen molar-refractivity contribution < 1.29 is 19.0 Å². The van der Waals surface area contributed by atoms with E-state index in [4.69, 9.17) is 14.2 Å². The number of nitrogens with zero attached hydrogens (tertiary/aromatic N) is 2. The summed E-state index contributed by atoms with van der Waals surface area (Å²) >= 11 is 0. The highest BCUT2D eigenvalue weighted by molar-refractivity contribution is 5.91. The Labute approximate surface area is 155 Å². The van der Waals surface area contributed by atoms with Gasteiger partial charge in [-0.1, -0.05) is 0 Å². The number of ether oxygens (including phenoxy) is 3. The summed E-state index contributed by atoms with van der Waals surface area (Å²) < 4.78 is 15.9. The Hall–Kier alpha value is -1.99. The predicted octanol–water partition coefficient (Wildman–Crippen LogP) is 2.28. The highest BCUT2D eigenvalue weighted by Crippen LogP contribution is 2.29. The molecule has 1 N–H and O–H groups in total. The molecule has 2 saturated heterocycles. The molecule has 0 bridgehead atoms. The van der Waals surface area contributed by atoms with E-state index in [2.05, 4.69) is 10.2 Å². The molecule has 7 nitrogen and oxygen atoms in total. The van der Waals surface area contributed by atoms with Crippen LogP contribution in [0.5, 0.6) is 11.5 Å². The van der Waals surface area contributed by atoms with Gasteiger partial charge in [-0.3, -0.25) is 4.90 Å². The Morgan fingerprint density at radius 3 is 2.54 bits per heavy atom. The van der Waals surface area contributed by atoms with E-state index in [1.807, 2.05) is 11.0 Å². The Kier molecular flexibility index (Phi) is 6.57. The van der Waals surface area contributed by atoms with Crippen LogP contribution in [-0.2, 0) is 4.74 Å². The number of hydrogen-bond donors (Lipinski definition) is 1. The van der Waals surface area contributed by atoms with Crippen molar-refractivity contribution in [3.05, 3.63) is 18.2 Å². The lowest BCUT2D eigenvalue weighted by Gasteiger charge is -2.36. The molecule has 0 saturated carbocycles. The monoisotopic (exact) mass is 363 g/mol. The van der Waals surface area contributed by atoms with Gasteiger partial charge in [-0.2, -0.15) is 0 Å². The van der Waals surface area contributed by atoms with E-state index in [-0.39, 0.29) is 6.03 Å². The van der Waals surface area contributed by atoms with Crippen molar-refractivity contribution in [1.29, 1.82) is 0 Å². The Morgan fingerprint density at radius 2 is 1.88 bits per heavy atom. The van der Waals surface area contributed by atoms with Crippen LogP contribution in [0, 0.1) is 5.92 Å². The quantitative estimate of drug-likeness (QED) is 0.870. The normalized spacial score (nSPS) is 19.2. The van der Waals surface area contributed by atoms with E-state index in [0.29, 0.717) is 23.1 Å². The number of methoxy groups -OCH3 is 2. The van der Waals surface area contributed by atoms with Gasteiger partial charge in [0.15, 0.2) is 0 Å². The van der Waals surface area contributed by atoms with Crippen LogP contribution in [0.15, 0.2) is 18.2 Å². The smallest absolute Gasteiger partial charge is 0.321 e. The third-order valence-corrected chi connectivity index (χ3v) is 5.17. The van der Waals surface area contributed by atoms with Crippen LogP contribution in [0.1, 0.15) is 12.8 Å². The molecule has 144 valence electrons. The molecule has 0 aliphatic carbocycles. The molecule has 1 aromatic carbocycles. The van der Waals surface area contributed by atoms with Crippen molar-refractivity contribution in [2.45, 2.75) is 12.8 Å². The van der Waals surface area contributed by atoms with Gasteiger partial charge in [-0.15, -0.1) is 0 Å².